The quantitative estimate of drug-likeness (QED) is 0.817. The molecule has 2 N–H and O–H groups in total. The molecule has 0 radical (unpaired) electrons. The molecule has 0 bridgehead atoms. The van der Waals surface area contributed by atoms with Gasteiger partial charge in [-0.1, -0.05) is 39.8 Å². The van der Waals surface area contributed by atoms with Gasteiger partial charge >= 0.3 is 6.03 Å². The fraction of sp³-hybridized carbons (Fsp3) is 0.650. The number of amides is 2. The second-order valence-corrected chi connectivity index (χ2v) is 7.86. The van der Waals surface area contributed by atoms with Gasteiger partial charge < -0.3 is 15.5 Å². The molecule has 0 saturated carbocycles. The standard InChI is InChI=1S/C20H32FN3O/c1-14(2)13-24-11-9-18(10-12-24)22-20(25)23-19(15(3)4)16-5-7-17(21)8-6-16/h5-8,14-15,18-19H,9-13H2,1-4H3,(H2,22,23,25)/t19-/m0/s1. The molecule has 2 amide bonds. The van der Waals surface area contributed by atoms with E-state index in [4.69, 9.17) is 0 Å². The number of hydrogen-bond acceptors (Lipinski definition) is 2. The second-order valence-electron chi connectivity index (χ2n) is 7.86. The van der Waals surface area contributed by atoms with E-state index in [1.807, 2.05) is 0 Å². The van der Waals surface area contributed by atoms with Gasteiger partial charge in [-0.15, -0.1) is 0 Å². The monoisotopic (exact) mass is 349 g/mol. The van der Waals surface area contributed by atoms with Crippen LogP contribution >= 0.6 is 0 Å². The molecule has 4 nitrogen and oxygen atoms in total. The first kappa shape index (κ1) is 19.7. The summed E-state index contributed by atoms with van der Waals surface area (Å²) in [6, 6.07) is 6.33. The molecule has 2 rings (SSSR count). The molecule has 5 heteroatoms. The maximum Gasteiger partial charge on any atom is 0.315 e. The van der Waals surface area contributed by atoms with Gasteiger partial charge in [0, 0.05) is 25.7 Å². The minimum absolute atomic E-state index is 0.123. The van der Waals surface area contributed by atoms with Crippen LogP contribution in [0.2, 0.25) is 0 Å². The number of nitrogens with zero attached hydrogens (tertiary/aromatic N) is 1. The Balaban J connectivity index is 1.85. The van der Waals surface area contributed by atoms with Crippen molar-refractivity contribution < 1.29 is 9.18 Å². The highest BCUT2D eigenvalue weighted by molar-refractivity contribution is 5.74. The molecule has 0 aromatic heterocycles. The zero-order valence-corrected chi connectivity index (χ0v) is 15.9. The van der Waals surface area contributed by atoms with Gasteiger partial charge in [0.1, 0.15) is 5.82 Å². The second kappa shape index (κ2) is 9.18. The number of halogens is 1. The van der Waals surface area contributed by atoms with Gasteiger partial charge in [0.25, 0.3) is 0 Å². The van der Waals surface area contributed by atoms with Crippen molar-refractivity contribution in [3.63, 3.8) is 0 Å². The fourth-order valence-electron chi connectivity index (χ4n) is 3.45. The van der Waals surface area contributed by atoms with Crippen LogP contribution in [0.4, 0.5) is 9.18 Å². The first-order valence-electron chi connectivity index (χ1n) is 9.40. The van der Waals surface area contributed by atoms with E-state index in [-0.39, 0.29) is 29.8 Å². The summed E-state index contributed by atoms with van der Waals surface area (Å²) in [5.41, 5.74) is 0.929. The molecule has 140 valence electrons. The number of carbonyl (C=O) groups is 1. The number of carbonyl (C=O) groups excluding carboxylic acids is 1. The summed E-state index contributed by atoms with van der Waals surface area (Å²) in [5.74, 6) is 0.642. The maximum atomic E-state index is 13.1. The van der Waals surface area contributed by atoms with Crippen LogP contribution in [0.3, 0.4) is 0 Å². The predicted molar refractivity (Wildman–Crippen MR) is 99.9 cm³/mol. The normalized spacial score (nSPS) is 17.7. The van der Waals surface area contributed by atoms with Gasteiger partial charge in [0.15, 0.2) is 0 Å². The minimum atomic E-state index is -0.260. The number of benzene rings is 1. The molecule has 0 spiro atoms. The summed E-state index contributed by atoms with van der Waals surface area (Å²) in [7, 11) is 0. The van der Waals surface area contributed by atoms with E-state index in [1.165, 1.54) is 12.1 Å². The third-order valence-electron chi connectivity index (χ3n) is 4.73. The van der Waals surface area contributed by atoms with Gasteiger partial charge in [-0.25, -0.2) is 9.18 Å². The Kier molecular flexibility index (Phi) is 7.24. The SMILES string of the molecule is CC(C)CN1CCC(NC(=O)N[C@H](c2ccc(F)cc2)C(C)C)CC1. The van der Waals surface area contributed by atoms with Crippen molar-refractivity contribution in [1.29, 1.82) is 0 Å². The summed E-state index contributed by atoms with van der Waals surface area (Å²) in [6.07, 6.45) is 1.98. The van der Waals surface area contributed by atoms with Gasteiger partial charge in [-0.05, 0) is 42.4 Å². The number of urea groups is 1. The molecule has 1 aliphatic heterocycles. The summed E-state index contributed by atoms with van der Waals surface area (Å²) in [5, 5.41) is 6.17. The zero-order valence-electron chi connectivity index (χ0n) is 15.9. The summed E-state index contributed by atoms with van der Waals surface area (Å²) in [6.45, 7) is 11.8. The minimum Gasteiger partial charge on any atom is -0.335 e. The van der Waals surface area contributed by atoms with Gasteiger partial charge in [-0.2, -0.15) is 0 Å². The van der Waals surface area contributed by atoms with E-state index in [0.29, 0.717) is 5.92 Å². The Hall–Kier alpha value is -1.62. The largest absolute Gasteiger partial charge is 0.335 e. The van der Waals surface area contributed by atoms with Crippen LogP contribution in [0.5, 0.6) is 0 Å². The fourth-order valence-corrected chi connectivity index (χ4v) is 3.45. The van der Waals surface area contributed by atoms with Crippen LogP contribution < -0.4 is 10.6 Å². The van der Waals surface area contributed by atoms with Crippen LogP contribution in [0, 0.1) is 17.7 Å². The molecule has 1 aliphatic rings. The van der Waals surface area contributed by atoms with E-state index in [0.717, 1.165) is 38.0 Å². The number of hydrogen-bond donors (Lipinski definition) is 2. The average molecular weight is 349 g/mol. The van der Waals surface area contributed by atoms with Crippen molar-refractivity contribution in [3.05, 3.63) is 35.6 Å². The highest BCUT2D eigenvalue weighted by Crippen LogP contribution is 2.22. The number of nitrogens with one attached hydrogen (secondary N) is 2. The highest BCUT2D eigenvalue weighted by atomic mass is 19.1. The molecular formula is C20H32FN3O. The molecule has 1 aromatic rings. The Morgan fingerprint density at radius 1 is 1.16 bits per heavy atom. The lowest BCUT2D eigenvalue weighted by Gasteiger charge is -2.33. The van der Waals surface area contributed by atoms with Crippen LogP contribution in [-0.4, -0.2) is 36.6 Å². The highest BCUT2D eigenvalue weighted by Gasteiger charge is 2.23. The van der Waals surface area contributed by atoms with Crippen LogP contribution in [0.15, 0.2) is 24.3 Å². The van der Waals surface area contributed by atoms with E-state index in [9.17, 15) is 9.18 Å². The zero-order chi connectivity index (χ0) is 18.4. The number of rotatable bonds is 6. The first-order valence-corrected chi connectivity index (χ1v) is 9.40. The van der Waals surface area contributed by atoms with Gasteiger partial charge in [0.05, 0.1) is 6.04 Å². The molecule has 1 aromatic carbocycles. The van der Waals surface area contributed by atoms with E-state index in [1.54, 1.807) is 12.1 Å². The lowest BCUT2D eigenvalue weighted by atomic mass is 9.96. The third kappa shape index (κ3) is 6.31. The Morgan fingerprint density at radius 2 is 1.76 bits per heavy atom. The van der Waals surface area contributed by atoms with Crippen molar-refractivity contribution in [2.45, 2.75) is 52.6 Å². The van der Waals surface area contributed by atoms with Crippen LogP contribution in [-0.2, 0) is 0 Å². The summed E-state index contributed by atoms with van der Waals surface area (Å²) in [4.78, 5) is 14.9. The van der Waals surface area contributed by atoms with Crippen molar-refractivity contribution in [1.82, 2.24) is 15.5 Å². The van der Waals surface area contributed by atoms with E-state index >= 15 is 0 Å². The molecule has 1 atom stereocenters. The molecular weight excluding hydrogens is 317 g/mol. The Bertz CT molecular complexity index is 536. The maximum absolute atomic E-state index is 13.1. The Morgan fingerprint density at radius 3 is 2.28 bits per heavy atom. The van der Waals surface area contributed by atoms with Crippen molar-refractivity contribution >= 4 is 6.03 Å². The molecule has 0 unspecified atom stereocenters. The smallest absolute Gasteiger partial charge is 0.315 e. The van der Waals surface area contributed by atoms with Crippen molar-refractivity contribution in [3.8, 4) is 0 Å². The number of piperidine rings is 1. The molecule has 1 fully saturated rings. The molecule has 1 saturated heterocycles. The van der Waals surface area contributed by atoms with Gasteiger partial charge in [0.2, 0.25) is 0 Å². The van der Waals surface area contributed by atoms with Crippen LogP contribution in [0.1, 0.15) is 52.1 Å². The molecule has 0 aliphatic carbocycles. The van der Waals surface area contributed by atoms with Crippen LogP contribution in [0.25, 0.3) is 0 Å². The lowest BCUT2D eigenvalue weighted by Crippen LogP contribution is -2.49. The molecule has 25 heavy (non-hydrogen) atoms. The number of likely N-dealkylation sites (tertiary alicyclic amines) is 1. The topological polar surface area (TPSA) is 44.4 Å². The molecule has 1 heterocycles. The predicted octanol–water partition coefficient (Wildman–Crippen LogP) is 3.94. The van der Waals surface area contributed by atoms with E-state index in [2.05, 4.69) is 43.2 Å². The summed E-state index contributed by atoms with van der Waals surface area (Å²) < 4.78 is 13.1. The first-order chi connectivity index (χ1) is 11.8. The van der Waals surface area contributed by atoms with E-state index < -0.39 is 0 Å². The van der Waals surface area contributed by atoms with Crippen molar-refractivity contribution in [2.75, 3.05) is 19.6 Å². The average Bonchev–Trinajstić information content (AvgIpc) is 2.55. The summed E-state index contributed by atoms with van der Waals surface area (Å²) >= 11 is 0. The van der Waals surface area contributed by atoms with Gasteiger partial charge in [-0.3, -0.25) is 0 Å². The lowest BCUT2D eigenvalue weighted by molar-refractivity contribution is 0.176. The third-order valence-corrected chi connectivity index (χ3v) is 4.73. The van der Waals surface area contributed by atoms with Crippen molar-refractivity contribution in [2.24, 2.45) is 11.8 Å². The Labute approximate surface area is 151 Å².